The standard InChI is InChI=1S/C11H18N4/c1-14-4-6-15(7-5-14)9-2-3-10(12)11(13)8-9/h2-3,8H,4-7,12-13H2,1H3/i1D3. The van der Waals surface area contributed by atoms with Crippen LogP contribution < -0.4 is 16.4 Å². The first-order valence-corrected chi connectivity index (χ1v) is 5.03. The van der Waals surface area contributed by atoms with Crippen molar-refractivity contribution >= 4 is 17.1 Å². The molecule has 0 spiro atoms. The highest BCUT2D eigenvalue weighted by Crippen LogP contribution is 2.23. The molecule has 0 aliphatic carbocycles. The molecule has 15 heavy (non-hydrogen) atoms. The molecule has 0 radical (unpaired) electrons. The van der Waals surface area contributed by atoms with Gasteiger partial charge in [0.15, 0.2) is 0 Å². The van der Waals surface area contributed by atoms with Crippen LogP contribution in [0.1, 0.15) is 4.11 Å². The van der Waals surface area contributed by atoms with Crippen molar-refractivity contribution in [2.24, 2.45) is 0 Å². The Morgan fingerprint density at radius 2 is 1.87 bits per heavy atom. The van der Waals surface area contributed by atoms with E-state index >= 15 is 0 Å². The number of nitrogens with two attached hydrogens (primary N) is 2. The summed E-state index contributed by atoms with van der Waals surface area (Å²) in [6.45, 7) is 0.428. The Labute approximate surface area is 94.7 Å². The van der Waals surface area contributed by atoms with Crippen LogP contribution in [0.5, 0.6) is 0 Å². The monoisotopic (exact) mass is 209 g/mol. The molecule has 1 aromatic rings. The van der Waals surface area contributed by atoms with Crippen LogP contribution in [0, 0.1) is 0 Å². The van der Waals surface area contributed by atoms with Gasteiger partial charge in [0.2, 0.25) is 0 Å². The summed E-state index contributed by atoms with van der Waals surface area (Å²) in [4.78, 5) is 3.64. The topological polar surface area (TPSA) is 58.5 Å². The van der Waals surface area contributed by atoms with Gasteiger partial charge in [0, 0.05) is 36.0 Å². The molecule has 0 atom stereocenters. The quantitative estimate of drug-likeness (QED) is 0.665. The molecule has 4 nitrogen and oxygen atoms in total. The molecule has 4 N–H and O–H groups in total. The Morgan fingerprint density at radius 3 is 2.47 bits per heavy atom. The maximum absolute atomic E-state index is 7.36. The maximum atomic E-state index is 7.36. The molecule has 1 heterocycles. The highest BCUT2D eigenvalue weighted by molar-refractivity contribution is 5.69. The van der Waals surface area contributed by atoms with Crippen LogP contribution >= 0.6 is 0 Å². The van der Waals surface area contributed by atoms with Crippen LogP contribution in [0.15, 0.2) is 18.2 Å². The van der Waals surface area contributed by atoms with Gasteiger partial charge < -0.3 is 21.3 Å². The number of likely N-dealkylation sites (N-methyl/N-ethyl adjacent to an activating group) is 1. The minimum absolute atomic E-state index is 0.529. The van der Waals surface area contributed by atoms with Crippen LogP contribution in [-0.2, 0) is 0 Å². The molecule has 0 bridgehead atoms. The van der Waals surface area contributed by atoms with Gasteiger partial charge in [-0.15, -0.1) is 0 Å². The number of anilines is 3. The van der Waals surface area contributed by atoms with Crippen molar-refractivity contribution in [3.63, 3.8) is 0 Å². The van der Waals surface area contributed by atoms with E-state index in [1.807, 2.05) is 12.1 Å². The van der Waals surface area contributed by atoms with Gasteiger partial charge in [-0.25, -0.2) is 0 Å². The number of hydrogen-bond donors (Lipinski definition) is 2. The Kier molecular flexibility index (Phi) is 1.85. The zero-order chi connectivity index (χ0) is 13.3. The fraction of sp³-hybridized carbons (Fsp3) is 0.455. The number of piperazine rings is 1. The molecule has 1 saturated heterocycles. The Morgan fingerprint density at radius 1 is 1.13 bits per heavy atom. The summed E-state index contributed by atoms with van der Waals surface area (Å²) in [5.74, 6) is 0. The zero-order valence-corrected chi connectivity index (χ0v) is 8.61. The number of benzene rings is 1. The smallest absolute Gasteiger partial charge is 0.0568 e. The summed E-state index contributed by atoms with van der Waals surface area (Å²) >= 11 is 0. The van der Waals surface area contributed by atoms with E-state index in [0.29, 0.717) is 37.6 Å². The van der Waals surface area contributed by atoms with Crippen LogP contribution in [0.4, 0.5) is 17.1 Å². The van der Waals surface area contributed by atoms with Crippen molar-refractivity contribution in [2.45, 2.75) is 0 Å². The molecule has 0 saturated carbocycles. The summed E-state index contributed by atoms with van der Waals surface area (Å²) in [7, 11) is 0. The lowest BCUT2D eigenvalue weighted by molar-refractivity contribution is 0.313. The van der Waals surface area contributed by atoms with Gasteiger partial charge in [-0.2, -0.15) is 0 Å². The summed E-state index contributed by atoms with van der Waals surface area (Å²) < 4.78 is 22.1. The summed E-state index contributed by atoms with van der Waals surface area (Å²) in [5.41, 5.74) is 13.6. The van der Waals surface area contributed by atoms with Gasteiger partial charge in [-0.3, -0.25) is 0 Å². The van der Waals surface area contributed by atoms with Crippen molar-refractivity contribution in [1.29, 1.82) is 0 Å². The molecule has 1 aliphatic heterocycles. The second kappa shape index (κ2) is 3.98. The lowest BCUT2D eigenvalue weighted by Gasteiger charge is -2.34. The number of nitrogen functional groups attached to an aromatic ring is 2. The van der Waals surface area contributed by atoms with Gasteiger partial charge in [-0.1, -0.05) is 0 Å². The molecular weight excluding hydrogens is 188 g/mol. The third-order valence-corrected chi connectivity index (χ3v) is 2.72. The summed E-state index contributed by atoms with van der Waals surface area (Å²) in [5, 5.41) is 0. The SMILES string of the molecule is [2H]C([2H])([2H])N1CCN(c2ccc(N)c(N)c2)CC1. The third kappa shape index (κ3) is 2.15. The van der Waals surface area contributed by atoms with Gasteiger partial charge in [0.25, 0.3) is 0 Å². The van der Waals surface area contributed by atoms with Gasteiger partial charge in [0.1, 0.15) is 0 Å². The van der Waals surface area contributed by atoms with Crippen molar-refractivity contribution in [3.8, 4) is 0 Å². The highest BCUT2D eigenvalue weighted by atomic mass is 15.2. The molecule has 0 amide bonds. The molecule has 1 aliphatic rings. The molecule has 1 fully saturated rings. The Balaban J connectivity index is 2.03. The van der Waals surface area contributed by atoms with Crippen LogP contribution in [0.3, 0.4) is 0 Å². The average Bonchev–Trinajstić information content (AvgIpc) is 2.32. The van der Waals surface area contributed by atoms with E-state index in [9.17, 15) is 0 Å². The number of nitrogens with zero attached hydrogens (tertiary/aromatic N) is 2. The van der Waals surface area contributed by atoms with Gasteiger partial charge >= 0.3 is 0 Å². The van der Waals surface area contributed by atoms with E-state index < -0.39 is 6.98 Å². The van der Waals surface area contributed by atoms with Crippen LogP contribution in [0.2, 0.25) is 0 Å². The highest BCUT2D eigenvalue weighted by Gasteiger charge is 2.14. The van der Waals surface area contributed by atoms with Crippen LogP contribution in [0.25, 0.3) is 0 Å². The predicted molar refractivity (Wildman–Crippen MR) is 65.0 cm³/mol. The number of rotatable bonds is 1. The van der Waals surface area contributed by atoms with Crippen molar-refractivity contribution in [1.82, 2.24) is 4.90 Å². The van der Waals surface area contributed by atoms with E-state index in [2.05, 4.69) is 4.90 Å². The molecule has 0 unspecified atom stereocenters. The molecule has 1 aromatic carbocycles. The summed E-state index contributed by atoms with van der Waals surface area (Å²) in [6.07, 6.45) is 0. The first kappa shape index (κ1) is 6.95. The maximum Gasteiger partial charge on any atom is 0.0568 e. The Bertz CT molecular complexity index is 425. The van der Waals surface area contributed by atoms with Crippen molar-refractivity contribution < 1.29 is 4.11 Å². The minimum Gasteiger partial charge on any atom is -0.397 e. The molecule has 2 rings (SSSR count). The van der Waals surface area contributed by atoms with Crippen LogP contribution in [-0.4, -0.2) is 38.1 Å². The van der Waals surface area contributed by atoms with Crippen molar-refractivity contribution in [3.05, 3.63) is 18.2 Å². The predicted octanol–water partition coefficient (Wildman–Crippen LogP) is 0.603. The first-order valence-electron chi connectivity index (χ1n) is 6.53. The fourth-order valence-electron chi connectivity index (χ4n) is 1.72. The molecule has 0 aromatic heterocycles. The van der Waals surface area contributed by atoms with E-state index in [4.69, 9.17) is 15.6 Å². The fourth-order valence-corrected chi connectivity index (χ4v) is 1.72. The molecular formula is C11H18N4. The Hall–Kier alpha value is -1.42. The summed E-state index contributed by atoms with van der Waals surface area (Å²) in [6, 6.07) is 5.53. The lowest BCUT2D eigenvalue weighted by atomic mass is 10.2. The molecule has 4 heteroatoms. The zero-order valence-electron chi connectivity index (χ0n) is 11.6. The largest absolute Gasteiger partial charge is 0.397 e. The lowest BCUT2D eigenvalue weighted by Crippen LogP contribution is -2.44. The number of hydrogen-bond acceptors (Lipinski definition) is 4. The second-order valence-corrected chi connectivity index (χ2v) is 3.79. The average molecular weight is 209 g/mol. The van der Waals surface area contributed by atoms with Crippen molar-refractivity contribution in [2.75, 3.05) is 49.5 Å². The van der Waals surface area contributed by atoms with E-state index in [1.165, 1.54) is 4.90 Å². The van der Waals surface area contributed by atoms with E-state index in [-0.39, 0.29) is 0 Å². The third-order valence-electron chi connectivity index (χ3n) is 2.72. The van der Waals surface area contributed by atoms with E-state index in [0.717, 1.165) is 5.69 Å². The minimum atomic E-state index is -1.99. The normalized spacial score (nSPS) is 21.9. The van der Waals surface area contributed by atoms with Gasteiger partial charge in [0.05, 0.1) is 11.4 Å². The van der Waals surface area contributed by atoms with Gasteiger partial charge in [-0.05, 0) is 25.2 Å². The molecule has 82 valence electrons. The first-order chi connectivity index (χ1) is 8.38. The second-order valence-electron chi connectivity index (χ2n) is 3.79. The van der Waals surface area contributed by atoms with E-state index in [1.54, 1.807) is 6.07 Å².